The molecule has 22 heavy (non-hydrogen) atoms. The monoisotopic (exact) mass is 337 g/mol. The third-order valence-electron chi connectivity index (χ3n) is 3.85. The maximum Gasteiger partial charge on any atom is 0.403 e. The van der Waals surface area contributed by atoms with E-state index in [1.807, 2.05) is 0 Å². The second-order valence-corrected chi connectivity index (χ2v) is 7.99. The van der Waals surface area contributed by atoms with Crippen molar-refractivity contribution in [2.45, 2.75) is 89.9 Å². The molecule has 0 aliphatic rings. The van der Waals surface area contributed by atoms with E-state index in [9.17, 15) is 4.79 Å². The van der Waals surface area contributed by atoms with Gasteiger partial charge in [0.2, 0.25) is 0 Å². The molecular weight excluding hydrogens is 303 g/mol. The van der Waals surface area contributed by atoms with E-state index in [-0.39, 0.29) is 6.16 Å². The van der Waals surface area contributed by atoms with Gasteiger partial charge in [-0.1, -0.05) is 64.2 Å². The number of carboxylic acid groups (broad SMARTS) is 1. The lowest BCUT2D eigenvalue weighted by molar-refractivity contribution is -0.137. The highest BCUT2D eigenvalue weighted by Gasteiger charge is 2.27. The summed E-state index contributed by atoms with van der Waals surface area (Å²) in [6.07, 6.45) is 14.9. The van der Waals surface area contributed by atoms with Crippen molar-refractivity contribution in [2.24, 2.45) is 0 Å². The molecule has 0 unspecified atom stereocenters. The number of unbranched alkanes of at least 4 members (excludes halogenated alkanes) is 12. The van der Waals surface area contributed by atoms with Gasteiger partial charge in [-0.3, -0.25) is 4.79 Å². The Labute approximate surface area is 135 Å². The first-order valence-corrected chi connectivity index (χ1v) is 10.5. The second kappa shape index (κ2) is 14.4. The van der Waals surface area contributed by atoms with Crippen molar-refractivity contribution < 1.29 is 24.6 Å². The Morgan fingerprint density at radius 3 is 1.23 bits per heavy atom. The summed E-state index contributed by atoms with van der Waals surface area (Å²) in [7, 11) is -3.53. The van der Waals surface area contributed by atoms with Crippen LogP contribution in [0.1, 0.15) is 89.9 Å². The summed E-state index contributed by atoms with van der Waals surface area (Å²) < 4.78 is 0. The van der Waals surface area contributed by atoms with Crippen molar-refractivity contribution in [1.29, 1.82) is 0 Å². The van der Waals surface area contributed by atoms with E-state index in [1.165, 1.54) is 44.9 Å². The van der Waals surface area contributed by atoms with Crippen molar-refractivity contribution in [3.63, 3.8) is 0 Å². The van der Waals surface area contributed by atoms with E-state index < -0.39 is 13.9 Å². The third kappa shape index (κ3) is 19.8. The van der Waals surface area contributed by atoms with Gasteiger partial charge in [0, 0.05) is 6.42 Å². The molecule has 0 saturated heterocycles. The van der Waals surface area contributed by atoms with Crippen molar-refractivity contribution in [1.82, 2.24) is 0 Å². The maximum atomic E-state index is 10.3. The third-order valence-corrected chi connectivity index (χ3v) is 4.76. The molecule has 0 aliphatic carbocycles. The van der Waals surface area contributed by atoms with Crippen molar-refractivity contribution in [2.75, 3.05) is 6.16 Å². The van der Waals surface area contributed by atoms with E-state index in [0.29, 0.717) is 12.8 Å². The van der Waals surface area contributed by atoms with E-state index in [0.717, 1.165) is 32.1 Å². The number of aliphatic carboxylic acids is 1. The van der Waals surface area contributed by atoms with Crippen molar-refractivity contribution >= 4 is 13.9 Å². The molecule has 0 heterocycles. The summed E-state index contributed by atoms with van der Waals surface area (Å²) in [6.45, 7) is 0. The van der Waals surface area contributed by atoms with Gasteiger partial charge in [0.1, 0.15) is 6.16 Å². The number of hydrogen-bond donors (Lipinski definition) is 4. The average molecular weight is 337 g/mol. The van der Waals surface area contributed by atoms with Crippen molar-refractivity contribution in [3.05, 3.63) is 0 Å². The molecule has 0 bridgehead atoms. The fourth-order valence-electron chi connectivity index (χ4n) is 2.54. The molecule has 0 fully saturated rings. The molecule has 0 aromatic carbocycles. The molecule has 6 heteroatoms. The van der Waals surface area contributed by atoms with Gasteiger partial charge in [-0.2, -0.15) is 14.7 Å². The van der Waals surface area contributed by atoms with Crippen LogP contribution in [0.5, 0.6) is 0 Å². The van der Waals surface area contributed by atoms with E-state index >= 15 is 0 Å². The number of hydrogen-bond acceptors (Lipinski definition) is 4. The highest BCUT2D eigenvalue weighted by atomic mass is 31.2. The van der Waals surface area contributed by atoms with Gasteiger partial charge in [0.25, 0.3) is 0 Å². The molecule has 0 spiro atoms. The van der Waals surface area contributed by atoms with Crippen LogP contribution in [0.25, 0.3) is 0 Å². The van der Waals surface area contributed by atoms with Crippen LogP contribution in [-0.2, 0) is 4.79 Å². The van der Waals surface area contributed by atoms with Gasteiger partial charge in [-0.05, 0) is 19.3 Å². The molecule has 5 nitrogen and oxygen atoms in total. The molecule has 0 aliphatic heterocycles. The summed E-state index contributed by atoms with van der Waals surface area (Å²) in [5.41, 5.74) is 0. The smallest absolute Gasteiger partial charge is 0.403 e. The highest BCUT2D eigenvalue weighted by Crippen LogP contribution is 2.45. The summed E-state index contributed by atoms with van der Waals surface area (Å²) in [5, 5.41) is 8.51. The summed E-state index contributed by atoms with van der Waals surface area (Å²) >= 11 is 0. The molecule has 0 aromatic rings. The van der Waals surface area contributed by atoms with Gasteiger partial charge >= 0.3 is 13.9 Å². The van der Waals surface area contributed by atoms with E-state index in [2.05, 4.69) is 0 Å². The zero-order valence-corrected chi connectivity index (χ0v) is 14.6. The fourth-order valence-corrected chi connectivity index (χ4v) is 3.19. The van der Waals surface area contributed by atoms with Gasteiger partial charge < -0.3 is 5.11 Å². The Morgan fingerprint density at radius 2 is 0.909 bits per heavy atom. The zero-order chi connectivity index (χ0) is 16.7. The molecule has 0 atom stereocenters. The Bertz CT molecular complexity index is 266. The standard InChI is InChI=1S/C16H33O5P/c17-16(18)14-12-10-8-6-4-2-1-3-5-7-9-11-13-15-22(19,20)21/h19-21H,1-15H2/p+1. The largest absolute Gasteiger partial charge is 0.481 e. The van der Waals surface area contributed by atoms with Crippen LogP contribution >= 0.6 is 7.94 Å². The van der Waals surface area contributed by atoms with Crippen LogP contribution in [0.2, 0.25) is 0 Å². The Hall–Kier alpha value is -0.220. The fraction of sp³-hybridized carbons (Fsp3) is 0.938. The predicted octanol–water partition coefficient (Wildman–Crippen LogP) is 4.27. The molecule has 4 N–H and O–H groups in total. The topological polar surface area (TPSA) is 98.0 Å². The normalized spacial score (nSPS) is 11.8. The Morgan fingerprint density at radius 1 is 0.591 bits per heavy atom. The van der Waals surface area contributed by atoms with Crippen LogP contribution in [0, 0.1) is 0 Å². The van der Waals surface area contributed by atoms with Crippen LogP contribution in [0.4, 0.5) is 0 Å². The summed E-state index contributed by atoms with van der Waals surface area (Å²) in [5.74, 6) is -0.690. The lowest BCUT2D eigenvalue weighted by atomic mass is 10.0. The molecule has 0 saturated carbocycles. The van der Waals surface area contributed by atoms with Gasteiger partial charge in [-0.25, -0.2) is 0 Å². The second-order valence-electron chi connectivity index (χ2n) is 6.16. The number of carbonyl (C=O) groups is 1. The quantitative estimate of drug-likeness (QED) is 0.249. The van der Waals surface area contributed by atoms with Gasteiger partial charge in [0.15, 0.2) is 0 Å². The Kier molecular flexibility index (Phi) is 14.2. The van der Waals surface area contributed by atoms with Gasteiger partial charge in [0.05, 0.1) is 0 Å². The number of carboxylic acids is 1. The molecule has 0 amide bonds. The summed E-state index contributed by atoms with van der Waals surface area (Å²) in [4.78, 5) is 36.8. The number of rotatable bonds is 16. The molecule has 0 rings (SSSR count). The van der Waals surface area contributed by atoms with Gasteiger partial charge in [-0.15, -0.1) is 0 Å². The maximum absolute atomic E-state index is 10.3. The van der Waals surface area contributed by atoms with Crippen LogP contribution in [0.15, 0.2) is 0 Å². The molecule has 0 radical (unpaired) electrons. The first-order chi connectivity index (χ1) is 10.4. The van der Waals surface area contributed by atoms with Crippen LogP contribution < -0.4 is 0 Å². The zero-order valence-electron chi connectivity index (χ0n) is 13.8. The first kappa shape index (κ1) is 21.8. The minimum absolute atomic E-state index is 0.138. The minimum atomic E-state index is -3.53. The first-order valence-electron chi connectivity index (χ1n) is 8.70. The lowest BCUT2D eigenvalue weighted by Gasteiger charge is -2.04. The average Bonchev–Trinajstić information content (AvgIpc) is 2.41. The Balaban J connectivity index is 3.04. The summed E-state index contributed by atoms with van der Waals surface area (Å²) in [6, 6.07) is 0. The van der Waals surface area contributed by atoms with Crippen LogP contribution in [0.3, 0.4) is 0 Å². The SMILES string of the molecule is O=C(O)CCCCCCCCCCCCCCC[P+](O)(O)O. The van der Waals surface area contributed by atoms with Crippen molar-refractivity contribution in [3.8, 4) is 0 Å². The predicted molar refractivity (Wildman–Crippen MR) is 90.7 cm³/mol. The molecule has 0 aromatic heterocycles. The van der Waals surface area contributed by atoms with Crippen LogP contribution in [-0.4, -0.2) is 31.9 Å². The molecular formula is C16H34O5P+. The molecule has 132 valence electrons. The lowest BCUT2D eigenvalue weighted by Crippen LogP contribution is -1.95. The minimum Gasteiger partial charge on any atom is -0.481 e. The highest BCUT2D eigenvalue weighted by molar-refractivity contribution is 7.58. The van der Waals surface area contributed by atoms with E-state index in [4.69, 9.17) is 19.8 Å². The van der Waals surface area contributed by atoms with E-state index in [1.54, 1.807) is 0 Å².